The molecule has 168 valence electrons. The van der Waals surface area contributed by atoms with E-state index in [1.54, 1.807) is 0 Å². The summed E-state index contributed by atoms with van der Waals surface area (Å²) >= 11 is 0. The minimum Gasteiger partial charge on any atom is -0.545 e. The van der Waals surface area contributed by atoms with Gasteiger partial charge in [0.2, 0.25) is 0 Å². The van der Waals surface area contributed by atoms with Crippen LogP contribution in [0.4, 0.5) is 4.39 Å². The van der Waals surface area contributed by atoms with Crippen LogP contribution in [0.1, 0.15) is 36.7 Å². The zero-order valence-electron chi connectivity index (χ0n) is 19.0. The Hall–Kier alpha value is -3.37. The van der Waals surface area contributed by atoms with Crippen molar-refractivity contribution in [3.8, 4) is 0 Å². The van der Waals surface area contributed by atoms with Gasteiger partial charge in [0.1, 0.15) is 5.82 Å². The third-order valence-electron chi connectivity index (χ3n) is 4.99. The highest BCUT2D eigenvalue weighted by Gasteiger charge is 2.28. The normalized spacial score (nSPS) is 10.9. The van der Waals surface area contributed by atoms with Crippen molar-refractivity contribution in [3.63, 3.8) is 0 Å². The lowest BCUT2D eigenvalue weighted by Gasteiger charge is -2.19. The number of carbonyl (C=O) groups excluding carboxylic acids is 1. The standard InChI is InChI=1S/C22H23S.C7H5FO2/c1-22(2,3)18-14-16-21(17-15-18)23(19-10-6-4-7-11-19)20-12-8-5-9-13-20;8-6-3-1-5(2-4-6)7(9)10/h4-17H,1-3H3;1-4H,(H,9,10)/q+1;/p-1. The Kier molecular flexibility index (Phi) is 8.07. The van der Waals surface area contributed by atoms with Crippen molar-refractivity contribution in [2.24, 2.45) is 0 Å². The largest absolute Gasteiger partial charge is 0.545 e. The van der Waals surface area contributed by atoms with Gasteiger partial charge in [-0.2, -0.15) is 0 Å². The van der Waals surface area contributed by atoms with Crippen molar-refractivity contribution in [1.29, 1.82) is 0 Å². The summed E-state index contributed by atoms with van der Waals surface area (Å²) in [7, 11) is -0.0497. The summed E-state index contributed by atoms with van der Waals surface area (Å²) in [5, 5.41) is 10.1. The summed E-state index contributed by atoms with van der Waals surface area (Å²) in [5.41, 5.74) is 1.56. The summed E-state index contributed by atoms with van der Waals surface area (Å²) in [6, 6.07) is 35.2. The molecule has 4 aromatic carbocycles. The molecule has 0 unspecified atom stereocenters. The highest BCUT2D eigenvalue weighted by Crippen LogP contribution is 2.32. The summed E-state index contributed by atoms with van der Waals surface area (Å²) in [6.07, 6.45) is 0. The second-order valence-corrected chi connectivity index (χ2v) is 10.5. The summed E-state index contributed by atoms with van der Waals surface area (Å²) in [4.78, 5) is 14.2. The summed E-state index contributed by atoms with van der Waals surface area (Å²) in [5.74, 6) is -1.75. The maximum Gasteiger partial charge on any atom is 0.166 e. The average Bonchev–Trinajstić information content (AvgIpc) is 2.81. The van der Waals surface area contributed by atoms with Crippen molar-refractivity contribution >= 4 is 16.9 Å². The lowest BCUT2D eigenvalue weighted by Crippen LogP contribution is -2.21. The van der Waals surface area contributed by atoms with Crippen LogP contribution in [0.25, 0.3) is 0 Å². The molecule has 4 aromatic rings. The van der Waals surface area contributed by atoms with Crippen LogP contribution >= 0.6 is 0 Å². The van der Waals surface area contributed by atoms with Gasteiger partial charge in [-0.05, 0) is 65.1 Å². The number of carboxylic acids is 1. The molecular weight excluding hydrogens is 431 g/mol. The Balaban J connectivity index is 0.000000257. The Labute approximate surface area is 198 Å². The fraction of sp³-hybridized carbons (Fsp3) is 0.138. The Morgan fingerprint density at radius 2 is 1.09 bits per heavy atom. The number of hydrogen-bond acceptors (Lipinski definition) is 2. The van der Waals surface area contributed by atoms with E-state index in [1.807, 2.05) is 0 Å². The van der Waals surface area contributed by atoms with Crippen molar-refractivity contribution in [2.75, 3.05) is 0 Å². The van der Waals surface area contributed by atoms with Crippen LogP contribution in [-0.2, 0) is 16.3 Å². The van der Waals surface area contributed by atoms with Crippen LogP contribution in [0.3, 0.4) is 0 Å². The molecule has 0 aliphatic heterocycles. The molecule has 0 fully saturated rings. The molecule has 0 amide bonds. The van der Waals surface area contributed by atoms with Gasteiger partial charge in [-0.3, -0.25) is 0 Å². The molecule has 0 bridgehead atoms. The first-order valence-corrected chi connectivity index (χ1v) is 11.9. The first kappa shape index (κ1) is 24.3. The van der Waals surface area contributed by atoms with E-state index >= 15 is 0 Å². The molecular formula is C29H27FO2S. The number of rotatable bonds is 4. The molecule has 2 nitrogen and oxygen atoms in total. The molecule has 0 aliphatic rings. The van der Waals surface area contributed by atoms with E-state index in [4.69, 9.17) is 0 Å². The lowest BCUT2D eigenvalue weighted by atomic mass is 9.87. The third kappa shape index (κ3) is 6.80. The van der Waals surface area contributed by atoms with Crippen molar-refractivity contribution in [1.82, 2.24) is 0 Å². The van der Waals surface area contributed by atoms with Crippen molar-refractivity contribution in [3.05, 3.63) is 126 Å². The van der Waals surface area contributed by atoms with Crippen LogP contribution < -0.4 is 5.11 Å². The first-order valence-electron chi connectivity index (χ1n) is 10.7. The Morgan fingerprint density at radius 3 is 1.48 bits per heavy atom. The first-order chi connectivity index (χ1) is 15.8. The SMILES string of the molecule is CC(C)(C)c1ccc([S+](c2ccccc2)c2ccccc2)cc1.O=C([O-])c1ccc(F)cc1. The predicted octanol–water partition coefficient (Wildman–Crippen LogP) is 6.27. The molecule has 4 rings (SSSR count). The van der Waals surface area contributed by atoms with E-state index < -0.39 is 11.8 Å². The van der Waals surface area contributed by atoms with Crippen LogP contribution in [0, 0.1) is 5.82 Å². The minimum absolute atomic E-state index is 0.0126. The number of carboxylic acid groups (broad SMARTS) is 1. The minimum atomic E-state index is -1.29. The molecule has 0 N–H and O–H groups in total. The van der Waals surface area contributed by atoms with Gasteiger partial charge in [-0.25, -0.2) is 4.39 Å². The third-order valence-corrected chi connectivity index (χ3v) is 7.22. The topological polar surface area (TPSA) is 40.1 Å². The van der Waals surface area contributed by atoms with Crippen LogP contribution in [0.15, 0.2) is 124 Å². The second kappa shape index (κ2) is 11.0. The zero-order valence-corrected chi connectivity index (χ0v) is 19.8. The molecule has 0 heterocycles. The highest BCUT2D eigenvalue weighted by molar-refractivity contribution is 7.97. The van der Waals surface area contributed by atoms with E-state index in [9.17, 15) is 14.3 Å². The number of benzene rings is 4. The number of halogens is 1. The molecule has 0 spiro atoms. The molecule has 0 aromatic heterocycles. The Morgan fingerprint density at radius 1 is 0.667 bits per heavy atom. The molecule has 0 saturated heterocycles. The average molecular weight is 459 g/mol. The zero-order chi connectivity index (χ0) is 23.8. The van der Waals surface area contributed by atoms with Crippen LogP contribution in [0.2, 0.25) is 0 Å². The van der Waals surface area contributed by atoms with Crippen molar-refractivity contribution in [2.45, 2.75) is 40.9 Å². The summed E-state index contributed by atoms with van der Waals surface area (Å²) in [6.45, 7) is 6.78. The number of aromatic carboxylic acids is 1. The quantitative estimate of drug-likeness (QED) is 0.338. The van der Waals surface area contributed by atoms with Gasteiger partial charge in [0.15, 0.2) is 14.7 Å². The van der Waals surface area contributed by atoms with Crippen LogP contribution in [-0.4, -0.2) is 5.97 Å². The maximum absolute atomic E-state index is 12.1. The van der Waals surface area contributed by atoms with E-state index in [0.29, 0.717) is 0 Å². The van der Waals surface area contributed by atoms with E-state index in [2.05, 4.69) is 106 Å². The number of hydrogen-bond donors (Lipinski definition) is 0. The van der Waals surface area contributed by atoms with Gasteiger partial charge in [0.25, 0.3) is 0 Å². The van der Waals surface area contributed by atoms with Crippen LogP contribution in [0.5, 0.6) is 0 Å². The molecule has 0 radical (unpaired) electrons. The molecule has 33 heavy (non-hydrogen) atoms. The maximum atomic E-state index is 12.1. The fourth-order valence-electron chi connectivity index (χ4n) is 3.20. The molecule has 0 aliphatic carbocycles. The second-order valence-electron chi connectivity index (χ2n) is 8.50. The van der Waals surface area contributed by atoms with Gasteiger partial charge in [-0.1, -0.05) is 81.4 Å². The van der Waals surface area contributed by atoms with Gasteiger partial charge >= 0.3 is 0 Å². The Bertz CT molecular complexity index is 1110. The molecule has 0 atom stereocenters. The number of carbonyl (C=O) groups is 1. The van der Waals surface area contributed by atoms with Gasteiger partial charge < -0.3 is 9.90 Å². The van der Waals surface area contributed by atoms with E-state index in [1.165, 1.54) is 20.2 Å². The van der Waals surface area contributed by atoms with E-state index in [0.717, 1.165) is 24.3 Å². The molecule has 4 heteroatoms. The van der Waals surface area contributed by atoms with Crippen molar-refractivity contribution < 1.29 is 14.3 Å². The van der Waals surface area contributed by atoms with Gasteiger partial charge in [0, 0.05) is 0 Å². The van der Waals surface area contributed by atoms with Gasteiger partial charge in [0.05, 0.1) is 16.9 Å². The van der Waals surface area contributed by atoms with Gasteiger partial charge in [-0.15, -0.1) is 0 Å². The lowest BCUT2D eigenvalue weighted by molar-refractivity contribution is -0.255. The molecule has 0 saturated carbocycles. The highest BCUT2D eigenvalue weighted by atomic mass is 32.2. The smallest absolute Gasteiger partial charge is 0.166 e. The van der Waals surface area contributed by atoms with E-state index in [-0.39, 0.29) is 21.9 Å². The monoisotopic (exact) mass is 458 g/mol. The summed E-state index contributed by atoms with van der Waals surface area (Å²) < 4.78 is 12.1. The predicted molar refractivity (Wildman–Crippen MR) is 131 cm³/mol. The fourth-order valence-corrected chi connectivity index (χ4v) is 5.28.